The maximum absolute atomic E-state index is 12.6. The molecule has 2 rings (SSSR count). The first kappa shape index (κ1) is 10.0. The normalized spacial score (nSPS) is 11.1. The number of aromatic carboxylic acids is 1. The molecule has 0 spiro atoms. The monoisotopic (exact) mass is 228 g/mol. The van der Waals surface area contributed by atoms with Gasteiger partial charge in [0.1, 0.15) is 0 Å². The molecule has 5 heteroatoms. The Morgan fingerprint density at radius 1 is 1.40 bits per heavy atom. The van der Waals surface area contributed by atoms with Crippen molar-refractivity contribution < 1.29 is 18.7 Å². The lowest BCUT2D eigenvalue weighted by Crippen LogP contribution is -1.97. The van der Waals surface area contributed by atoms with Gasteiger partial charge >= 0.3 is 5.97 Å². The van der Waals surface area contributed by atoms with E-state index in [-0.39, 0.29) is 16.5 Å². The molecule has 0 saturated carbocycles. The zero-order valence-electron chi connectivity index (χ0n) is 7.41. The van der Waals surface area contributed by atoms with Crippen LogP contribution in [0.25, 0.3) is 10.1 Å². The van der Waals surface area contributed by atoms with Gasteiger partial charge in [0.25, 0.3) is 6.43 Å². The van der Waals surface area contributed by atoms with E-state index in [0.717, 1.165) is 11.3 Å². The van der Waals surface area contributed by atoms with Crippen molar-refractivity contribution in [3.63, 3.8) is 0 Å². The van der Waals surface area contributed by atoms with Crippen LogP contribution < -0.4 is 0 Å². The number of carboxylic acid groups (broad SMARTS) is 1. The number of hydrogen-bond acceptors (Lipinski definition) is 2. The summed E-state index contributed by atoms with van der Waals surface area (Å²) in [6, 6.07) is 4.53. The summed E-state index contributed by atoms with van der Waals surface area (Å²) in [5, 5.41) is 10.3. The van der Waals surface area contributed by atoms with Crippen LogP contribution in [0.4, 0.5) is 8.78 Å². The number of carbonyl (C=O) groups is 1. The van der Waals surface area contributed by atoms with E-state index in [0.29, 0.717) is 4.70 Å². The molecule has 2 aromatic rings. The van der Waals surface area contributed by atoms with Gasteiger partial charge in [-0.1, -0.05) is 6.07 Å². The van der Waals surface area contributed by atoms with Crippen molar-refractivity contribution in [1.82, 2.24) is 0 Å². The number of benzene rings is 1. The van der Waals surface area contributed by atoms with Gasteiger partial charge in [-0.2, -0.15) is 0 Å². The summed E-state index contributed by atoms with van der Waals surface area (Å²) in [7, 11) is 0. The minimum Gasteiger partial charge on any atom is -0.478 e. The molecule has 0 atom stereocenters. The average molecular weight is 228 g/mol. The molecule has 1 aromatic carbocycles. The van der Waals surface area contributed by atoms with Crippen LogP contribution in [0.1, 0.15) is 22.3 Å². The van der Waals surface area contributed by atoms with E-state index >= 15 is 0 Å². The molecule has 78 valence electrons. The van der Waals surface area contributed by atoms with Gasteiger partial charge in [-0.25, -0.2) is 13.6 Å². The fourth-order valence-electron chi connectivity index (χ4n) is 1.45. The molecule has 0 aliphatic rings. The van der Waals surface area contributed by atoms with Crippen molar-refractivity contribution >= 4 is 27.4 Å². The smallest absolute Gasteiger partial charge is 0.336 e. The van der Waals surface area contributed by atoms with Crippen LogP contribution in [-0.4, -0.2) is 11.1 Å². The second-order valence-corrected chi connectivity index (χ2v) is 3.89. The Labute approximate surface area is 87.8 Å². The summed E-state index contributed by atoms with van der Waals surface area (Å²) < 4.78 is 25.7. The Balaban J connectivity index is 2.80. The number of thiophene rings is 1. The number of alkyl halides is 2. The largest absolute Gasteiger partial charge is 0.478 e. The van der Waals surface area contributed by atoms with Crippen LogP contribution in [0.5, 0.6) is 0 Å². The Bertz CT molecular complexity index is 519. The maximum atomic E-state index is 12.6. The summed E-state index contributed by atoms with van der Waals surface area (Å²) in [6.07, 6.45) is -2.64. The molecule has 1 aromatic heterocycles. The maximum Gasteiger partial charge on any atom is 0.336 e. The molecule has 0 saturated heterocycles. The highest BCUT2D eigenvalue weighted by Crippen LogP contribution is 2.35. The first-order valence-corrected chi connectivity index (χ1v) is 5.01. The molecule has 0 aliphatic carbocycles. The standard InChI is InChI=1S/C10H6F2O2S/c11-9(12)6-4-15-7-3-1-2-5(8(6)7)10(13)14/h1-4,9H,(H,13,14). The van der Waals surface area contributed by atoms with Crippen LogP contribution in [0.15, 0.2) is 23.6 Å². The molecule has 1 heterocycles. The summed E-state index contributed by atoms with van der Waals surface area (Å²) >= 11 is 1.13. The third kappa shape index (κ3) is 1.59. The molecule has 0 radical (unpaired) electrons. The van der Waals surface area contributed by atoms with Gasteiger partial charge in [-0.3, -0.25) is 0 Å². The van der Waals surface area contributed by atoms with E-state index in [1.807, 2.05) is 0 Å². The summed E-state index contributed by atoms with van der Waals surface area (Å²) in [5.41, 5.74) is -0.267. The SMILES string of the molecule is O=C(O)c1cccc2scc(C(F)F)c12. The lowest BCUT2D eigenvalue weighted by Gasteiger charge is -2.00. The van der Waals surface area contributed by atoms with E-state index in [9.17, 15) is 13.6 Å². The number of halogens is 2. The van der Waals surface area contributed by atoms with Crippen molar-refractivity contribution in [3.05, 3.63) is 34.7 Å². The molecule has 15 heavy (non-hydrogen) atoms. The molecule has 1 N–H and O–H groups in total. The van der Waals surface area contributed by atoms with Crippen molar-refractivity contribution in [3.8, 4) is 0 Å². The molecule has 0 fully saturated rings. The molecule has 0 unspecified atom stereocenters. The molecule has 0 aliphatic heterocycles. The van der Waals surface area contributed by atoms with E-state index < -0.39 is 12.4 Å². The van der Waals surface area contributed by atoms with Crippen LogP contribution in [0.2, 0.25) is 0 Å². The third-order valence-electron chi connectivity index (χ3n) is 2.09. The first-order valence-electron chi connectivity index (χ1n) is 4.13. The van der Waals surface area contributed by atoms with Crippen molar-refractivity contribution in [2.75, 3.05) is 0 Å². The molecule has 0 amide bonds. The van der Waals surface area contributed by atoms with Gasteiger partial charge in [-0.05, 0) is 12.1 Å². The van der Waals surface area contributed by atoms with Gasteiger partial charge in [0.05, 0.1) is 5.56 Å². The lowest BCUT2D eigenvalue weighted by molar-refractivity contribution is 0.0699. The molecule has 2 nitrogen and oxygen atoms in total. The molecular weight excluding hydrogens is 222 g/mol. The number of carboxylic acids is 1. The highest BCUT2D eigenvalue weighted by atomic mass is 32.1. The van der Waals surface area contributed by atoms with E-state index in [2.05, 4.69) is 0 Å². The number of fused-ring (bicyclic) bond motifs is 1. The third-order valence-corrected chi connectivity index (χ3v) is 3.06. The van der Waals surface area contributed by atoms with Gasteiger partial charge in [0.15, 0.2) is 0 Å². The van der Waals surface area contributed by atoms with Crippen LogP contribution in [0.3, 0.4) is 0 Å². The predicted molar refractivity (Wildman–Crippen MR) is 53.7 cm³/mol. The van der Waals surface area contributed by atoms with Crippen molar-refractivity contribution in [2.45, 2.75) is 6.43 Å². The van der Waals surface area contributed by atoms with Crippen LogP contribution >= 0.6 is 11.3 Å². The fraction of sp³-hybridized carbons (Fsp3) is 0.100. The van der Waals surface area contributed by atoms with Crippen LogP contribution in [0, 0.1) is 0 Å². The van der Waals surface area contributed by atoms with E-state index in [4.69, 9.17) is 5.11 Å². The molecule has 0 bridgehead atoms. The highest BCUT2D eigenvalue weighted by Gasteiger charge is 2.18. The van der Waals surface area contributed by atoms with Crippen molar-refractivity contribution in [1.29, 1.82) is 0 Å². The van der Waals surface area contributed by atoms with Gasteiger partial charge in [0.2, 0.25) is 0 Å². The highest BCUT2D eigenvalue weighted by molar-refractivity contribution is 7.17. The average Bonchev–Trinajstić information content (AvgIpc) is 2.60. The summed E-state index contributed by atoms with van der Waals surface area (Å²) in [4.78, 5) is 10.8. The fourth-order valence-corrected chi connectivity index (χ4v) is 2.43. The van der Waals surface area contributed by atoms with Gasteiger partial charge in [-0.15, -0.1) is 11.3 Å². The zero-order chi connectivity index (χ0) is 11.0. The number of rotatable bonds is 2. The summed E-state index contributed by atoms with van der Waals surface area (Å²) in [6.45, 7) is 0. The Kier molecular flexibility index (Phi) is 2.40. The second-order valence-electron chi connectivity index (χ2n) is 2.98. The zero-order valence-corrected chi connectivity index (χ0v) is 8.22. The van der Waals surface area contributed by atoms with E-state index in [1.165, 1.54) is 11.4 Å². The first-order chi connectivity index (χ1) is 7.11. The van der Waals surface area contributed by atoms with Gasteiger partial charge in [0, 0.05) is 21.0 Å². The minimum atomic E-state index is -2.64. The van der Waals surface area contributed by atoms with Gasteiger partial charge < -0.3 is 5.11 Å². The Morgan fingerprint density at radius 2 is 2.13 bits per heavy atom. The summed E-state index contributed by atoms with van der Waals surface area (Å²) in [5.74, 6) is -1.18. The Morgan fingerprint density at radius 3 is 2.73 bits per heavy atom. The second kappa shape index (κ2) is 3.58. The molecular formula is C10H6F2O2S. The minimum absolute atomic E-state index is 0.0657. The Hall–Kier alpha value is -1.49. The lowest BCUT2D eigenvalue weighted by atomic mass is 10.1. The van der Waals surface area contributed by atoms with E-state index in [1.54, 1.807) is 12.1 Å². The topological polar surface area (TPSA) is 37.3 Å². The van der Waals surface area contributed by atoms with Crippen molar-refractivity contribution in [2.24, 2.45) is 0 Å². The predicted octanol–water partition coefficient (Wildman–Crippen LogP) is 3.54. The number of hydrogen-bond donors (Lipinski definition) is 1. The quantitative estimate of drug-likeness (QED) is 0.853. The van der Waals surface area contributed by atoms with Crippen LogP contribution in [-0.2, 0) is 0 Å².